The summed E-state index contributed by atoms with van der Waals surface area (Å²) in [6, 6.07) is 15.3. The minimum absolute atomic E-state index is 0.228. The fraction of sp³-hybridized carbons (Fsp3) is 0.158. The monoisotopic (exact) mass is 321 g/mol. The number of aryl methyl sites for hydroxylation is 1. The van der Waals surface area contributed by atoms with Crippen LogP contribution < -0.4 is 10.2 Å². The van der Waals surface area contributed by atoms with Gasteiger partial charge in [0.2, 0.25) is 0 Å². The molecule has 5 heteroatoms. The van der Waals surface area contributed by atoms with Crippen molar-refractivity contribution in [2.24, 2.45) is 12.1 Å². The van der Waals surface area contributed by atoms with Crippen LogP contribution in [-0.4, -0.2) is 23.3 Å². The van der Waals surface area contributed by atoms with Crippen LogP contribution in [0.25, 0.3) is 10.9 Å². The minimum Gasteiger partial charge on any atom is -0.494 e. The molecule has 0 radical (unpaired) electrons. The molecule has 1 heterocycles. The largest absolute Gasteiger partial charge is 0.494 e. The number of hydrogen-bond acceptors (Lipinski definition) is 3. The van der Waals surface area contributed by atoms with E-state index in [0.717, 1.165) is 22.2 Å². The minimum atomic E-state index is -0.228. The number of para-hydroxylation sites is 1. The Morgan fingerprint density at radius 3 is 2.71 bits per heavy atom. The van der Waals surface area contributed by atoms with Crippen LogP contribution in [0.1, 0.15) is 22.8 Å². The quantitative estimate of drug-likeness (QED) is 0.579. The molecular weight excluding hydrogens is 302 g/mol. The van der Waals surface area contributed by atoms with Crippen LogP contribution in [-0.2, 0) is 7.05 Å². The Kier molecular flexibility index (Phi) is 4.61. The average Bonchev–Trinajstić information content (AvgIpc) is 2.94. The number of rotatable bonds is 5. The van der Waals surface area contributed by atoms with Gasteiger partial charge in [-0.05, 0) is 42.8 Å². The zero-order valence-corrected chi connectivity index (χ0v) is 13.7. The Morgan fingerprint density at radius 2 is 1.96 bits per heavy atom. The van der Waals surface area contributed by atoms with E-state index in [1.165, 1.54) is 0 Å². The van der Waals surface area contributed by atoms with Crippen molar-refractivity contribution in [1.82, 2.24) is 9.99 Å². The molecule has 0 saturated carbocycles. The van der Waals surface area contributed by atoms with E-state index in [1.807, 2.05) is 73.3 Å². The first-order valence-electron chi connectivity index (χ1n) is 7.79. The second kappa shape index (κ2) is 7.00. The number of carbonyl (C=O) groups excluding carboxylic acids is 1. The Labute approximate surface area is 140 Å². The Bertz CT molecular complexity index is 879. The van der Waals surface area contributed by atoms with Gasteiger partial charge in [-0.1, -0.05) is 18.2 Å². The van der Waals surface area contributed by atoms with Crippen molar-refractivity contribution < 1.29 is 9.53 Å². The second-order valence-corrected chi connectivity index (χ2v) is 5.37. The summed E-state index contributed by atoms with van der Waals surface area (Å²) < 4.78 is 7.32. The van der Waals surface area contributed by atoms with E-state index in [1.54, 1.807) is 6.21 Å². The van der Waals surface area contributed by atoms with Crippen LogP contribution in [0.2, 0.25) is 0 Å². The number of benzene rings is 2. The lowest BCUT2D eigenvalue weighted by molar-refractivity contribution is 0.0956. The van der Waals surface area contributed by atoms with Gasteiger partial charge in [-0.3, -0.25) is 4.79 Å². The normalized spacial score (nSPS) is 11.1. The number of hydrazone groups is 1. The number of amides is 1. The van der Waals surface area contributed by atoms with Crippen molar-refractivity contribution in [2.45, 2.75) is 6.92 Å². The van der Waals surface area contributed by atoms with Gasteiger partial charge in [-0.25, -0.2) is 5.43 Å². The molecule has 122 valence electrons. The molecule has 0 aliphatic heterocycles. The zero-order valence-electron chi connectivity index (χ0n) is 13.7. The molecule has 24 heavy (non-hydrogen) atoms. The van der Waals surface area contributed by atoms with Gasteiger partial charge in [0.05, 0.1) is 18.4 Å². The van der Waals surface area contributed by atoms with E-state index in [4.69, 9.17) is 4.74 Å². The van der Waals surface area contributed by atoms with Gasteiger partial charge >= 0.3 is 0 Å². The van der Waals surface area contributed by atoms with Crippen LogP contribution in [0.15, 0.2) is 59.8 Å². The maximum Gasteiger partial charge on any atom is 0.273 e. The molecule has 5 nitrogen and oxygen atoms in total. The number of ether oxygens (including phenoxy) is 1. The van der Waals surface area contributed by atoms with E-state index in [2.05, 4.69) is 10.5 Å². The summed E-state index contributed by atoms with van der Waals surface area (Å²) in [5.74, 6) is 0.587. The molecule has 1 N–H and O–H groups in total. The first kappa shape index (κ1) is 15.8. The van der Waals surface area contributed by atoms with Crippen LogP contribution in [0.5, 0.6) is 5.75 Å². The fourth-order valence-electron chi connectivity index (χ4n) is 2.57. The summed E-state index contributed by atoms with van der Waals surface area (Å²) in [5.41, 5.74) is 5.08. The molecule has 2 aromatic carbocycles. The van der Waals surface area contributed by atoms with Crippen molar-refractivity contribution in [1.29, 1.82) is 0 Å². The molecule has 1 amide bonds. The van der Waals surface area contributed by atoms with E-state index in [0.29, 0.717) is 12.2 Å². The predicted octanol–water partition coefficient (Wildman–Crippen LogP) is 3.34. The topological polar surface area (TPSA) is 55.6 Å². The average molecular weight is 321 g/mol. The number of hydrogen-bond donors (Lipinski definition) is 1. The molecule has 0 atom stereocenters. The lowest BCUT2D eigenvalue weighted by Crippen LogP contribution is -2.17. The predicted molar refractivity (Wildman–Crippen MR) is 95.6 cm³/mol. The lowest BCUT2D eigenvalue weighted by Gasteiger charge is -2.02. The van der Waals surface area contributed by atoms with Crippen molar-refractivity contribution in [3.63, 3.8) is 0 Å². The van der Waals surface area contributed by atoms with Gasteiger partial charge in [0, 0.05) is 24.1 Å². The number of nitrogens with zero attached hydrogens (tertiary/aromatic N) is 2. The standard InChI is InChI=1S/C19H19N3O2/c1-3-24-15-10-8-14(9-11-15)12-20-21-19(23)17-13-22(2)18-7-5-4-6-16(17)18/h4-13H,3H2,1-2H3,(H,21,23)/b20-12+. The third kappa shape index (κ3) is 3.30. The van der Waals surface area contributed by atoms with Crippen molar-refractivity contribution in [2.75, 3.05) is 6.61 Å². The third-order valence-electron chi connectivity index (χ3n) is 3.71. The van der Waals surface area contributed by atoms with Gasteiger partial charge < -0.3 is 9.30 Å². The molecule has 0 spiro atoms. The SMILES string of the molecule is CCOc1ccc(/C=N/NC(=O)c2cn(C)c3ccccc23)cc1. The molecule has 3 rings (SSSR count). The van der Waals surface area contributed by atoms with E-state index >= 15 is 0 Å². The summed E-state index contributed by atoms with van der Waals surface area (Å²) >= 11 is 0. The fourth-order valence-corrected chi connectivity index (χ4v) is 2.57. The van der Waals surface area contributed by atoms with Gasteiger partial charge in [0.1, 0.15) is 5.75 Å². The molecule has 0 aliphatic carbocycles. The van der Waals surface area contributed by atoms with Crippen LogP contribution in [0.4, 0.5) is 0 Å². The first-order chi connectivity index (χ1) is 11.7. The molecular formula is C19H19N3O2. The van der Waals surface area contributed by atoms with Gasteiger partial charge in [-0.15, -0.1) is 0 Å². The zero-order chi connectivity index (χ0) is 16.9. The van der Waals surface area contributed by atoms with Crippen molar-refractivity contribution >= 4 is 23.0 Å². The highest BCUT2D eigenvalue weighted by Gasteiger charge is 2.12. The summed E-state index contributed by atoms with van der Waals surface area (Å²) in [7, 11) is 1.92. The maximum absolute atomic E-state index is 12.3. The first-order valence-corrected chi connectivity index (χ1v) is 7.79. The molecule has 0 unspecified atom stereocenters. The summed E-state index contributed by atoms with van der Waals surface area (Å²) in [5, 5.41) is 4.95. The lowest BCUT2D eigenvalue weighted by atomic mass is 10.2. The molecule has 0 bridgehead atoms. The highest BCUT2D eigenvalue weighted by molar-refractivity contribution is 6.07. The molecule has 0 aliphatic rings. The molecule has 1 aromatic heterocycles. The number of aromatic nitrogens is 1. The van der Waals surface area contributed by atoms with Crippen LogP contribution in [0, 0.1) is 0 Å². The summed E-state index contributed by atoms with van der Waals surface area (Å²) in [4.78, 5) is 12.3. The highest BCUT2D eigenvalue weighted by Crippen LogP contribution is 2.20. The van der Waals surface area contributed by atoms with Crippen LogP contribution >= 0.6 is 0 Å². The van der Waals surface area contributed by atoms with Gasteiger partial charge in [0.25, 0.3) is 5.91 Å². The summed E-state index contributed by atoms with van der Waals surface area (Å²) in [6.45, 7) is 2.58. The number of carbonyl (C=O) groups is 1. The van der Waals surface area contributed by atoms with Gasteiger partial charge in [0.15, 0.2) is 0 Å². The Hall–Kier alpha value is -3.08. The molecule has 0 fully saturated rings. The Morgan fingerprint density at radius 1 is 1.21 bits per heavy atom. The number of fused-ring (bicyclic) bond motifs is 1. The second-order valence-electron chi connectivity index (χ2n) is 5.37. The smallest absolute Gasteiger partial charge is 0.273 e. The Balaban J connectivity index is 1.70. The molecule has 3 aromatic rings. The number of nitrogens with one attached hydrogen (secondary N) is 1. The van der Waals surface area contributed by atoms with Gasteiger partial charge in [-0.2, -0.15) is 5.10 Å². The maximum atomic E-state index is 12.3. The van der Waals surface area contributed by atoms with Crippen LogP contribution in [0.3, 0.4) is 0 Å². The van der Waals surface area contributed by atoms with E-state index < -0.39 is 0 Å². The van der Waals surface area contributed by atoms with E-state index in [-0.39, 0.29) is 5.91 Å². The third-order valence-corrected chi connectivity index (χ3v) is 3.71. The highest BCUT2D eigenvalue weighted by atomic mass is 16.5. The van der Waals surface area contributed by atoms with E-state index in [9.17, 15) is 4.79 Å². The van der Waals surface area contributed by atoms with Crippen molar-refractivity contribution in [3.8, 4) is 5.75 Å². The molecule has 0 saturated heterocycles. The van der Waals surface area contributed by atoms with Crippen molar-refractivity contribution in [3.05, 3.63) is 65.9 Å². The summed E-state index contributed by atoms with van der Waals surface area (Å²) in [6.07, 6.45) is 3.42.